The largest absolute Gasteiger partial charge is 0.295 e. The van der Waals surface area contributed by atoms with Crippen molar-refractivity contribution in [1.29, 1.82) is 0 Å². The van der Waals surface area contributed by atoms with Gasteiger partial charge in [-0.25, -0.2) is 0 Å². The molecule has 1 saturated heterocycles. The smallest absolute Gasteiger partial charge is 0.262 e. The summed E-state index contributed by atoms with van der Waals surface area (Å²) < 4.78 is 0. The second-order valence-electron chi connectivity index (χ2n) is 4.49. The molecular weight excluding hydrogens is 249 g/mol. The number of carbonyl (C=O) groups is 4. The van der Waals surface area contributed by atoms with Crippen LogP contribution in [-0.4, -0.2) is 34.6 Å². The second-order valence-corrected chi connectivity index (χ2v) is 4.49. The van der Waals surface area contributed by atoms with E-state index in [9.17, 15) is 19.2 Å². The van der Waals surface area contributed by atoms with Crippen molar-refractivity contribution in [1.82, 2.24) is 10.2 Å². The van der Waals surface area contributed by atoms with Crippen molar-refractivity contribution in [3.05, 3.63) is 35.4 Å². The Morgan fingerprint density at radius 2 is 1.58 bits per heavy atom. The third-order valence-electron chi connectivity index (χ3n) is 3.35. The van der Waals surface area contributed by atoms with Gasteiger partial charge in [-0.2, -0.15) is 0 Å². The quantitative estimate of drug-likeness (QED) is 0.572. The Hall–Kier alpha value is -2.50. The van der Waals surface area contributed by atoms with E-state index in [1.54, 1.807) is 24.3 Å². The van der Waals surface area contributed by atoms with Crippen LogP contribution in [0.4, 0.5) is 0 Å². The topological polar surface area (TPSA) is 83.6 Å². The van der Waals surface area contributed by atoms with Crippen LogP contribution in [0.25, 0.3) is 0 Å². The van der Waals surface area contributed by atoms with Crippen molar-refractivity contribution in [2.24, 2.45) is 0 Å². The van der Waals surface area contributed by atoms with Gasteiger partial charge in [0.2, 0.25) is 11.8 Å². The molecule has 96 valence electrons. The molecule has 0 saturated carbocycles. The van der Waals surface area contributed by atoms with Gasteiger partial charge in [0.25, 0.3) is 11.8 Å². The van der Waals surface area contributed by atoms with E-state index in [-0.39, 0.29) is 18.7 Å². The van der Waals surface area contributed by atoms with Crippen LogP contribution in [0.5, 0.6) is 0 Å². The van der Waals surface area contributed by atoms with Gasteiger partial charge in [0, 0.05) is 6.42 Å². The zero-order chi connectivity index (χ0) is 13.6. The van der Waals surface area contributed by atoms with Gasteiger partial charge in [0.1, 0.15) is 6.04 Å². The van der Waals surface area contributed by atoms with Crippen molar-refractivity contribution in [3.63, 3.8) is 0 Å². The molecule has 3 rings (SSSR count). The maximum atomic E-state index is 12.2. The summed E-state index contributed by atoms with van der Waals surface area (Å²) in [6, 6.07) is 5.55. The highest BCUT2D eigenvalue weighted by atomic mass is 16.2. The van der Waals surface area contributed by atoms with Crippen LogP contribution in [0.1, 0.15) is 33.6 Å². The predicted octanol–water partition coefficient (Wildman–Crippen LogP) is 0.0878. The van der Waals surface area contributed by atoms with Gasteiger partial charge in [0.15, 0.2) is 0 Å². The summed E-state index contributed by atoms with van der Waals surface area (Å²) in [5.41, 5.74) is 0.606. The standard InChI is InChI=1S/C13H10N2O4/c16-10-6-5-9(11(17)14-10)15-12(18)7-3-1-2-4-8(7)13(15)19/h1-4,9H,5-6H2,(H,14,16,17)/i5+1. The Kier molecular flexibility index (Phi) is 2.45. The Morgan fingerprint density at radius 3 is 2.11 bits per heavy atom. The number of nitrogens with one attached hydrogen (secondary N) is 1. The Balaban J connectivity index is 1.96. The first-order valence-corrected chi connectivity index (χ1v) is 5.90. The highest BCUT2D eigenvalue weighted by molar-refractivity contribution is 6.23. The van der Waals surface area contributed by atoms with Gasteiger partial charge in [-0.05, 0) is 18.6 Å². The van der Waals surface area contributed by atoms with E-state index in [0.717, 1.165) is 4.90 Å². The first kappa shape index (κ1) is 11.6. The molecule has 1 unspecified atom stereocenters. The van der Waals surface area contributed by atoms with Crippen LogP contribution in [-0.2, 0) is 9.59 Å². The summed E-state index contributed by atoms with van der Waals surface area (Å²) in [6.07, 6.45) is 0.306. The number of carbonyl (C=O) groups excluding carboxylic acids is 4. The zero-order valence-electron chi connectivity index (χ0n) is 9.88. The van der Waals surface area contributed by atoms with E-state index in [0.29, 0.717) is 11.1 Å². The van der Waals surface area contributed by atoms with Crippen molar-refractivity contribution in [2.75, 3.05) is 0 Å². The van der Waals surface area contributed by atoms with Crippen LogP contribution in [0.3, 0.4) is 0 Å². The minimum atomic E-state index is -0.898. The normalized spacial score (nSPS) is 22.5. The number of imide groups is 2. The molecule has 2 heterocycles. The van der Waals surface area contributed by atoms with E-state index in [1.165, 1.54) is 0 Å². The molecule has 4 amide bonds. The fraction of sp³-hybridized carbons (Fsp3) is 0.231. The van der Waals surface area contributed by atoms with E-state index in [4.69, 9.17) is 0 Å². The number of hydrogen-bond donors (Lipinski definition) is 1. The summed E-state index contributed by atoms with van der Waals surface area (Å²) in [7, 11) is 0. The Bertz CT molecular complexity index is 588. The molecule has 6 heteroatoms. The first-order valence-electron chi connectivity index (χ1n) is 5.90. The number of rotatable bonds is 1. The van der Waals surface area contributed by atoms with Crippen molar-refractivity contribution in [2.45, 2.75) is 18.9 Å². The van der Waals surface area contributed by atoms with Crippen LogP contribution < -0.4 is 5.32 Å². The molecule has 1 aromatic carbocycles. The van der Waals surface area contributed by atoms with E-state index in [2.05, 4.69) is 5.32 Å². The molecule has 1 atom stereocenters. The maximum absolute atomic E-state index is 12.2. The average Bonchev–Trinajstić information content (AvgIpc) is 2.64. The molecule has 0 aliphatic carbocycles. The van der Waals surface area contributed by atoms with Gasteiger partial charge in [0.05, 0.1) is 11.1 Å². The summed E-state index contributed by atoms with van der Waals surface area (Å²) in [5, 5.41) is 2.15. The number of amides is 4. The molecule has 1 aromatic rings. The highest BCUT2D eigenvalue weighted by Gasteiger charge is 2.44. The Morgan fingerprint density at radius 1 is 1.00 bits per heavy atom. The number of fused-ring (bicyclic) bond motifs is 1. The highest BCUT2D eigenvalue weighted by Crippen LogP contribution is 2.26. The molecule has 2 aliphatic rings. The lowest BCUT2D eigenvalue weighted by Gasteiger charge is -2.27. The van der Waals surface area contributed by atoms with Gasteiger partial charge in [-0.15, -0.1) is 0 Å². The molecule has 0 spiro atoms. The van der Waals surface area contributed by atoms with E-state index >= 15 is 0 Å². The van der Waals surface area contributed by atoms with Crippen LogP contribution in [0, 0.1) is 0 Å². The summed E-state index contributed by atoms with van der Waals surface area (Å²) >= 11 is 0. The molecule has 1 N–H and O–H groups in total. The summed E-state index contributed by atoms with van der Waals surface area (Å²) in [6.45, 7) is 0. The van der Waals surface area contributed by atoms with Gasteiger partial charge < -0.3 is 0 Å². The number of nitrogens with zero attached hydrogens (tertiary/aromatic N) is 1. The first-order chi connectivity index (χ1) is 9.09. The molecule has 0 bridgehead atoms. The number of benzene rings is 1. The summed E-state index contributed by atoms with van der Waals surface area (Å²) in [5.74, 6) is -1.92. The third kappa shape index (κ3) is 1.64. The lowest BCUT2D eigenvalue weighted by molar-refractivity contribution is -0.136. The average molecular weight is 259 g/mol. The Labute approximate surface area is 108 Å². The molecule has 0 aromatic heterocycles. The lowest BCUT2D eigenvalue weighted by atomic mass is 10.1. The van der Waals surface area contributed by atoms with Crippen molar-refractivity contribution >= 4 is 23.6 Å². The van der Waals surface area contributed by atoms with Gasteiger partial charge >= 0.3 is 0 Å². The molecule has 6 nitrogen and oxygen atoms in total. The van der Waals surface area contributed by atoms with Crippen molar-refractivity contribution < 1.29 is 19.2 Å². The van der Waals surface area contributed by atoms with E-state index in [1.807, 2.05) is 0 Å². The minimum Gasteiger partial charge on any atom is -0.295 e. The fourth-order valence-corrected chi connectivity index (χ4v) is 2.42. The van der Waals surface area contributed by atoms with Gasteiger partial charge in [-0.3, -0.25) is 29.4 Å². The molecule has 0 radical (unpaired) electrons. The SMILES string of the molecule is O=C1C[13CH2]C(N2C(=O)c3ccccc3C2=O)C(=O)N1. The lowest BCUT2D eigenvalue weighted by Crippen LogP contribution is -2.54. The van der Waals surface area contributed by atoms with Crippen molar-refractivity contribution in [3.8, 4) is 0 Å². The monoisotopic (exact) mass is 259 g/mol. The zero-order valence-corrected chi connectivity index (χ0v) is 9.88. The number of hydrogen-bond acceptors (Lipinski definition) is 4. The van der Waals surface area contributed by atoms with E-state index < -0.39 is 23.8 Å². The maximum Gasteiger partial charge on any atom is 0.262 e. The minimum absolute atomic E-state index is 0.129. The van der Waals surface area contributed by atoms with Gasteiger partial charge in [-0.1, -0.05) is 12.1 Å². The molecule has 1 fully saturated rings. The molecular formula is C13H10N2O4. The third-order valence-corrected chi connectivity index (χ3v) is 3.35. The number of piperidine rings is 1. The van der Waals surface area contributed by atoms with Crippen LogP contribution >= 0.6 is 0 Å². The molecule has 2 aliphatic heterocycles. The van der Waals surface area contributed by atoms with Crippen LogP contribution in [0.15, 0.2) is 24.3 Å². The summed E-state index contributed by atoms with van der Waals surface area (Å²) in [4.78, 5) is 48.1. The fourth-order valence-electron chi connectivity index (χ4n) is 2.42. The second kappa shape index (κ2) is 4.01. The van der Waals surface area contributed by atoms with Crippen LogP contribution in [0.2, 0.25) is 0 Å². The predicted molar refractivity (Wildman–Crippen MR) is 63.1 cm³/mol. The molecule has 19 heavy (non-hydrogen) atoms.